The number of aliphatic carboxylic acids is 1. The SMILES string of the molecule is O=C(O)Cc1cccc2ccc(-c3csc(-c4ccc(Cl)c(Cl)c4)n3)cc12. The molecule has 0 atom stereocenters. The number of fused-ring (bicyclic) bond motifs is 1. The lowest BCUT2D eigenvalue weighted by Crippen LogP contribution is -2.00. The maximum atomic E-state index is 11.1. The van der Waals surface area contributed by atoms with E-state index in [1.165, 1.54) is 11.3 Å². The lowest BCUT2D eigenvalue weighted by molar-refractivity contribution is -0.136. The fourth-order valence-electron chi connectivity index (χ4n) is 2.98. The third-order valence-corrected chi connectivity index (χ3v) is 5.91. The molecule has 134 valence electrons. The van der Waals surface area contributed by atoms with Crippen LogP contribution in [0.1, 0.15) is 5.56 Å². The molecule has 1 heterocycles. The molecule has 27 heavy (non-hydrogen) atoms. The van der Waals surface area contributed by atoms with Gasteiger partial charge in [0.25, 0.3) is 0 Å². The first kappa shape index (κ1) is 18.0. The molecule has 0 bridgehead atoms. The number of benzene rings is 3. The van der Waals surface area contributed by atoms with Gasteiger partial charge in [-0.25, -0.2) is 4.98 Å². The van der Waals surface area contributed by atoms with Crippen molar-refractivity contribution in [3.05, 3.63) is 75.6 Å². The van der Waals surface area contributed by atoms with Crippen molar-refractivity contribution in [2.45, 2.75) is 6.42 Å². The van der Waals surface area contributed by atoms with Gasteiger partial charge in [-0.3, -0.25) is 4.79 Å². The zero-order valence-corrected chi connectivity index (χ0v) is 16.3. The van der Waals surface area contributed by atoms with Gasteiger partial charge in [0, 0.05) is 16.5 Å². The lowest BCUT2D eigenvalue weighted by Gasteiger charge is -2.06. The molecule has 1 aromatic heterocycles. The van der Waals surface area contributed by atoms with E-state index in [2.05, 4.69) is 0 Å². The Labute approximate surface area is 169 Å². The molecular weight excluding hydrogens is 401 g/mol. The highest BCUT2D eigenvalue weighted by Crippen LogP contribution is 2.34. The first-order valence-corrected chi connectivity index (χ1v) is 9.79. The Morgan fingerprint density at radius 3 is 2.59 bits per heavy atom. The van der Waals surface area contributed by atoms with E-state index in [-0.39, 0.29) is 6.42 Å². The highest BCUT2D eigenvalue weighted by Gasteiger charge is 2.11. The van der Waals surface area contributed by atoms with Crippen LogP contribution in [-0.2, 0) is 11.2 Å². The van der Waals surface area contributed by atoms with E-state index in [1.54, 1.807) is 12.1 Å². The van der Waals surface area contributed by atoms with Crippen LogP contribution in [0.3, 0.4) is 0 Å². The molecule has 4 aromatic rings. The largest absolute Gasteiger partial charge is 0.481 e. The molecule has 0 amide bonds. The van der Waals surface area contributed by atoms with Crippen molar-refractivity contribution < 1.29 is 9.90 Å². The Balaban J connectivity index is 1.75. The number of aromatic nitrogens is 1. The second-order valence-corrected chi connectivity index (χ2v) is 7.76. The van der Waals surface area contributed by atoms with Crippen LogP contribution < -0.4 is 0 Å². The van der Waals surface area contributed by atoms with Gasteiger partial charge in [0.1, 0.15) is 5.01 Å². The lowest BCUT2D eigenvalue weighted by atomic mass is 9.99. The summed E-state index contributed by atoms with van der Waals surface area (Å²) in [6, 6.07) is 17.2. The predicted octanol–water partition coefficient (Wildman–Crippen LogP) is 6.56. The Hall–Kier alpha value is -2.40. The highest BCUT2D eigenvalue weighted by molar-refractivity contribution is 7.13. The average molecular weight is 414 g/mol. The first-order valence-electron chi connectivity index (χ1n) is 8.16. The maximum absolute atomic E-state index is 11.1. The molecule has 0 aliphatic carbocycles. The summed E-state index contributed by atoms with van der Waals surface area (Å²) < 4.78 is 0. The molecule has 6 heteroatoms. The predicted molar refractivity (Wildman–Crippen MR) is 112 cm³/mol. The topological polar surface area (TPSA) is 50.2 Å². The molecule has 0 saturated carbocycles. The summed E-state index contributed by atoms with van der Waals surface area (Å²) in [4.78, 5) is 15.9. The van der Waals surface area contributed by atoms with Gasteiger partial charge in [-0.05, 0) is 34.5 Å². The third-order valence-electron chi connectivity index (χ3n) is 4.28. The standard InChI is InChI=1S/C21H13Cl2NO2S/c22-17-7-6-15(9-18(17)23)21-24-19(11-27-21)14-5-4-12-2-1-3-13(10-20(25)26)16(12)8-14/h1-9,11H,10H2,(H,25,26). The van der Waals surface area contributed by atoms with Crippen LogP contribution in [0.25, 0.3) is 32.6 Å². The summed E-state index contributed by atoms with van der Waals surface area (Å²) in [5.74, 6) is -0.844. The van der Waals surface area contributed by atoms with Crippen LogP contribution in [0.4, 0.5) is 0 Å². The van der Waals surface area contributed by atoms with Crippen LogP contribution in [-0.4, -0.2) is 16.1 Å². The van der Waals surface area contributed by atoms with Crippen LogP contribution >= 0.6 is 34.5 Å². The minimum absolute atomic E-state index is 0.00756. The van der Waals surface area contributed by atoms with Crippen molar-refractivity contribution in [2.24, 2.45) is 0 Å². The second-order valence-electron chi connectivity index (χ2n) is 6.09. The van der Waals surface area contributed by atoms with Gasteiger partial charge in [0.15, 0.2) is 0 Å². The molecule has 3 aromatic carbocycles. The molecule has 0 radical (unpaired) electrons. The number of nitrogens with zero attached hydrogens (tertiary/aromatic N) is 1. The van der Waals surface area contributed by atoms with Crippen LogP contribution in [0.2, 0.25) is 10.0 Å². The van der Waals surface area contributed by atoms with Gasteiger partial charge in [0.05, 0.1) is 22.2 Å². The first-order chi connectivity index (χ1) is 13.0. The minimum Gasteiger partial charge on any atom is -0.481 e. The fraction of sp³-hybridized carbons (Fsp3) is 0.0476. The van der Waals surface area contributed by atoms with Crippen molar-refractivity contribution in [1.82, 2.24) is 4.98 Å². The number of thiazole rings is 1. The second kappa shape index (κ2) is 7.31. The molecule has 4 rings (SSSR count). The fourth-order valence-corrected chi connectivity index (χ4v) is 4.11. The Morgan fingerprint density at radius 1 is 1.00 bits per heavy atom. The number of carboxylic acids is 1. The average Bonchev–Trinajstić information content (AvgIpc) is 3.14. The smallest absolute Gasteiger partial charge is 0.307 e. The molecule has 0 fully saturated rings. The summed E-state index contributed by atoms with van der Waals surface area (Å²) in [5.41, 5.74) is 3.49. The van der Waals surface area contributed by atoms with Crippen LogP contribution in [0.15, 0.2) is 60.0 Å². The number of hydrogen-bond donors (Lipinski definition) is 1. The van der Waals surface area contributed by atoms with Crippen molar-refractivity contribution in [3.63, 3.8) is 0 Å². The number of carboxylic acid groups (broad SMARTS) is 1. The van der Waals surface area contributed by atoms with E-state index in [1.807, 2.05) is 47.8 Å². The van der Waals surface area contributed by atoms with Crippen molar-refractivity contribution >= 4 is 51.3 Å². The highest BCUT2D eigenvalue weighted by atomic mass is 35.5. The minimum atomic E-state index is -0.844. The van der Waals surface area contributed by atoms with Gasteiger partial charge in [-0.1, -0.05) is 59.6 Å². The van der Waals surface area contributed by atoms with Gasteiger partial charge in [-0.15, -0.1) is 11.3 Å². The van der Waals surface area contributed by atoms with E-state index < -0.39 is 5.97 Å². The molecule has 0 spiro atoms. The van der Waals surface area contributed by atoms with E-state index in [0.717, 1.165) is 38.2 Å². The number of rotatable bonds is 4. The third kappa shape index (κ3) is 3.69. The summed E-state index contributed by atoms with van der Waals surface area (Å²) in [6.07, 6.45) is -0.00756. The Bertz CT molecular complexity index is 1170. The van der Waals surface area contributed by atoms with E-state index in [0.29, 0.717) is 10.0 Å². The Morgan fingerprint density at radius 2 is 1.81 bits per heavy atom. The molecule has 3 nitrogen and oxygen atoms in total. The molecular formula is C21H13Cl2NO2S. The summed E-state index contributed by atoms with van der Waals surface area (Å²) >= 11 is 13.6. The molecule has 0 aliphatic rings. The number of hydrogen-bond acceptors (Lipinski definition) is 3. The van der Waals surface area contributed by atoms with Gasteiger partial charge in [-0.2, -0.15) is 0 Å². The normalized spacial score (nSPS) is 11.0. The molecule has 0 unspecified atom stereocenters. The summed E-state index contributed by atoms with van der Waals surface area (Å²) in [5, 5.41) is 14.9. The van der Waals surface area contributed by atoms with E-state index in [9.17, 15) is 4.79 Å². The van der Waals surface area contributed by atoms with E-state index in [4.69, 9.17) is 33.3 Å². The molecule has 0 aliphatic heterocycles. The van der Waals surface area contributed by atoms with Crippen LogP contribution in [0, 0.1) is 0 Å². The summed E-state index contributed by atoms with van der Waals surface area (Å²) in [7, 11) is 0. The van der Waals surface area contributed by atoms with Gasteiger partial charge in [0.2, 0.25) is 0 Å². The number of halogens is 2. The Kier molecular flexibility index (Phi) is 4.87. The van der Waals surface area contributed by atoms with Gasteiger partial charge >= 0.3 is 5.97 Å². The zero-order chi connectivity index (χ0) is 19.0. The zero-order valence-electron chi connectivity index (χ0n) is 13.9. The maximum Gasteiger partial charge on any atom is 0.307 e. The monoisotopic (exact) mass is 413 g/mol. The van der Waals surface area contributed by atoms with Crippen molar-refractivity contribution in [2.75, 3.05) is 0 Å². The number of carbonyl (C=O) groups is 1. The molecule has 1 N–H and O–H groups in total. The van der Waals surface area contributed by atoms with Gasteiger partial charge < -0.3 is 5.11 Å². The quantitative estimate of drug-likeness (QED) is 0.411. The summed E-state index contributed by atoms with van der Waals surface area (Å²) in [6.45, 7) is 0. The van der Waals surface area contributed by atoms with Crippen molar-refractivity contribution in [1.29, 1.82) is 0 Å². The van der Waals surface area contributed by atoms with E-state index >= 15 is 0 Å². The van der Waals surface area contributed by atoms with Crippen LogP contribution in [0.5, 0.6) is 0 Å². The van der Waals surface area contributed by atoms with Crippen molar-refractivity contribution in [3.8, 4) is 21.8 Å². The molecule has 0 saturated heterocycles.